The van der Waals surface area contributed by atoms with Crippen LogP contribution in [0.4, 0.5) is 4.39 Å². The van der Waals surface area contributed by atoms with E-state index < -0.39 is 0 Å². The number of ether oxygens (including phenoxy) is 1. The lowest BCUT2D eigenvalue weighted by Gasteiger charge is -2.31. The van der Waals surface area contributed by atoms with Gasteiger partial charge < -0.3 is 10.1 Å². The Morgan fingerprint density at radius 1 is 1.48 bits per heavy atom. The second-order valence-electron chi connectivity index (χ2n) is 5.40. The van der Waals surface area contributed by atoms with Crippen molar-refractivity contribution < 1.29 is 9.13 Å². The van der Waals surface area contributed by atoms with E-state index in [0.29, 0.717) is 5.75 Å². The highest BCUT2D eigenvalue weighted by Gasteiger charge is 2.29. The molecule has 0 spiro atoms. The lowest BCUT2D eigenvalue weighted by atomic mass is 9.94. The minimum absolute atomic E-state index is 0.0950. The molecule has 0 amide bonds. The number of hydrogen-bond donors (Lipinski definition) is 1. The monoisotopic (exact) mass is 289 g/mol. The summed E-state index contributed by atoms with van der Waals surface area (Å²) in [6.45, 7) is 3.02. The molecule has 2 heterocycles. The standard InChI is InChI=1S/C16H20FN3O/c1-3-6-20-10-11(9-19-20)15-8-14(18-2)13-5-4-12(17)7-16(13)21-15/h4-5,7,9-10,14-15,18H,3,6,8H2,1-2H3. The van der Waals surface area contributed by atoms with Crippen molar-refractivity contribution in [1.29, 1.82) is 0 Å². The van der Waals surface area contributed by atoms with Crippen LogP contribution in [0.25, 0.3) is 0 Å². The van der Waals surface area contributed by atoms with Gasteiger partial charge in [-0.1, -0.05) is 13.0 Å². The molecule has 112 valence electrons. The maximum atomic E-state index is 13.4. The maximum Gasteiger partial charge on any atom is 0.129 e. The quantitative estimate of drug-likeness (QED) is 0.939. The van der Waals surface area contributed by atoms with Crippen molar-refractivity contribution in [2.45, 2.75) is 38.5 Å². The van der Waals surface area contributed by atoms with Gasteiger partial charge >= 0.3 is 0 Å². The molecular formula is C16H20FN3O. The molecule has 0 saturated carbocycles. The predicted octanol–water partition coefficient (Wildman–Crippen LogP) is 3.22. The molecule has 1 aromatic carbocycles. The predicted molar refractivity (Wildman–Crippen MR) is 78.7 cm³/mol. The molecule has 3 rings (SSSR count). The van der Waals surface area contributed by atoms with E-state index in [-0.39, 0.29) is 18.0 Å². The summed E-state index contributed by atoms with van der Waals surface area (Å²) < 4.78 is 21.4. The van der Waals surface area contributed by atoms with Gasteiger partial charge in [0.2, 0.25) is 0 Å². The average molecular weight is 289 g/mol. The van der Waals surface area contributed by atoms with E-state index in [9.17, 15) is 4.39 Å². The molecule has 2 atom stereocenters. The number of fused-ring (bicyclic) bond motifs is 1. The number of nitrogens with one attached hydrogen (secondary N) is 1. The smallest absolute Gasteiger partial charge is 0.129 e. The van der Waals surface area contributed by atoms with Crippen molar-refractivity contribution >= 4 is 0 Å². The van der Waals surface area contributed by atoms with Crippen LogP contribution >= 0.6 is 0 Å². The van der Waals surface area contributed by atoms with Crippen LogP contribution in [0, 0.1) is 5.82 Å². The largest absolute Gasteiger partial charge is 0.485 e. The highest BCUT2D eigenvalue weighted by Crippen LogP contribution is 2.40. The molecule has 0 bridgehead atoms. The van der Waals surface area contributed by atoms with Gasteiger partial charge in [-0.25, -0.2) is 4.39 Å². The van der Waals surface area contributed by atoms with E-state index in [1.165, 1.54) is 12.1 Å². The van der Waals surface area contributed by atoms with Gasteiger partial charge in [0.25, 0.3) is 0 Å². The van der Waals surface area contributed by atoms with Crippen LogP contribution in [0.15, 0.2) is 30.6 Å². The van der Waals surface area contributed by atoms with Crippen molar-refractivity contribution in [3.63, 3.8) is 0 Å². The third-order valence-corrected chi connectivity index (χ3v) is 3.90. The van der Waals surface area contributed by atoms with E-state index in [1.54, 1.807) is 6.07 Å². The number of nitrogens with zero attached hydrogens (tertiary/aromatic N) is 2. The molecule has 4 nitrogen and oxygen atoms in total. The first-order valence-electron chi connectivity index (χ1n) is 7.37. The third-order valence-electron chi connectivity index (χ3n) is 3.90. The van der Waals surface area contributed by atoms with Gasteiger partial charge in [-0.3, -0.25) is 4.68 Å². The fourth-order valence-electron chi connectivity index (χ4n) is 2.82. The summed E-state index contributed by atoms with van der Waals surface area (Å²) in [5, 5.41) is 7.63. The SMILES string of the molecule is CCCn1cc(C2CC(NC)c3ccc(F)cc3O2)cn1. The fraction of sp³-hybridized carbons (Fsp3) is 0.438. The second-order valence-corrected chi connectivity index (χ2v) is 5.40. The van der Waals surface area contributed by atoms with E-state index in [1.807, 2.05) is 24.1 Å². The molecule has 1 N–H and O–H groups in total. The zero-order valence-electron chi connectivity index (χ0n) is 12.3. The highest BCUT2D eigenvalue weighted by atomic mass is 19.1. The maximum absolute atomic E-state index is 13.4. The number of rotatable bonds is 4. The Bertz CT molecular complexity index is 626. The fourth-order valence-corrected chi connectivity index (χ4v) is 2.82. The Labute approximate surface area is 123 Å². The molecule has 0 saturated heterocycles. The summed E-state index contributed by atoms with van der Waals surface area (Å²) in [5.74, 6) is 0.347. The Kier molecular flexibility index (Phi) is 3.92. The summed E-state index contributed by atoms with van der Waals surface area (Å²) >= 11 is 0. The first-order chi connectivity index (χ1) is 10.2. The Balaban J connectivity index is 1.88. The molecule has 5 heteroatoms. The Hall–Kier alpha value is -1.88. The van der Waals surface area contributed by atoms with Crippen LogP contribution in [-0.4, -0.2) is 16.8 Å². The summed E-state index contributed by atoms with van der Waals surface area (Å²) in [5.41, 5.74) is 2.05. The Morgan fingerprint density at radius 2 is 2.33 bits per heavy atom. The van der Waals surface area contributed by atoms with E-state index >= 15 is 0 Å². The molecule has 2 aromatic rings. The molecule has 0 radical (unpaired) electrons. The van der Waals surface area contributed by atoms with Crippen LogP contribution in [0.2, 0.25) is 0 Å². The lowest BCUT2D eigenvalue weighted by molar-refractivity contribution is 0.153. The minimum atomic E-state index is -0.272. The number of hydrogen-bond acceptors (Lipinski definition) is 3. The molecule has 0 aliphatic carbocycles. The number of aryl methyl sites for hydroxylation is 1. The van der Waals surface area contributed by atoms with Crippen molar-refractivity contribution in [3.05, 3.63) is 47.5 Å². The van der Waals surface area contributed by atoms with E-state index in [0.717, 1.165) is 30.5 Å². The number of aromatic nitrogens is 2. The number of benzene rings is 1. The highest BCUT2D eigenvalue weighted by molar-refractivity contribution is 5.39. The summed E-state index contributed by atoms with van der Waals surface area (Å²) in [6, 6.07) is 4.89. The number of halogens is 1. The van der Waals surface area contributed by atoms with Gasteiger partial charge in [0, 0.05) is 42.4 Å². The summed E-state index contributed by atoms with van der Waals surface area (Å²) in [4.78, 5) is 0. The zero-order chi connectivity index (χ0) is 14.8. The van der Waals surface area contributed by atoms with Gasteiger partial charge in [0.05, 0.1) is 6.20 Å². The van der Waals surface area contributed by atoms with Gasteiger partial charge in [0.1, 0.15) is 17.7 Å². The molecule has 0 fully saturated rings. The van der Waals surface area contributed by atoms with Crippen LogP contribution in [-0.2, 0) is 6.54 Å². The molecule has 1 aliphatic rings. The molecule has 2 unspecified atom stereocenters. The van der Waals surface area contributed by atoms with Crippen molar-refractivity contribution in [3.8, 4) is 5.75 Å². The van der Waals surface area contributed by atoms with Crippen LogP contribution in [0.5, 0.6) is 5.75 Å². The first-order valence-corrected chi connectivity index (χ1v) is 7.37. The van der Waals surface area contributed by atoms with Gasteiger partial charge in [0.15, 0.2) is 0 Å². The van der Waals surface area contributed by atoms with Crippen molar-refractivity contribution in [2.24, 2.45) is 0 Å². The molecule has 1 aromatic heterocycles. The van der Waals surface area contributed by atoms with Gasteiger partial charge in [-0.2, -0.15) is 5.10 Å². The first kappa shape index (κ1) is 14.1. The third kappa shape index (κ3) is 2.78. The van der Waals surface area contributed by atoms with E-state index in [2.05, 4.69) is 17.3 Å². The van der Waals surface area contributed by atoms with Crippen LogP contribution in [0.1, 0.15) is 43.0 Å². The van der Waals surface area contributed by atoms with Crippen LogP contribution in [0.3, 0.4) is 0 Å². The Morgan fingerprint density at radius 3 is 3.10 bits per heavy atom. The minimum Gasteiger partial charge on any atom is -0.485 e. The van der Waals surface area contributed by atoms with Gasteiger partial charge in [-0.05, 0) is 19.5 Å². The van der Waals surface area contributed by atoms with Gasteiger partial charge in [-0.15, -0.1) is 0 Å². The van der Waals surface area contributed by atoms with Crippen LogP contribution < -0.4 is 10.1 Å². The second kappa shape index (κ2) is 5.85. The molecule has 21 heavy (non-hydrogen) atoms. The average Bonchev–Trinajstić information content (AvgIpc) is 2.94. The van der Waals surface area contributed by atoms with Crippen molar-refractivity contribution in [2.75, 3.05) is 7.05 Å². The van der Waals surface area contributed by atoms with E-state index in [4.69, 9.17) is 4.74 Å². The summed E-state index contributed by atoms with van der Waals surface area (Å²) in [6.07, 6.45) is 5.62. The van der Waals surface area contributed by atoms with Crippen molar-refractivity contribution in [1.82, 2.24) is 15.1 Å². The summed E-state index contributed by atoms with van der Waals surface area (Å²) in [7, 11) is 1.92. The molecule has 1 aliphatic heterocycles. The zero-order valence-corrected chi connectivity index (χ0v) is 12.3. The molecular weight excluding hydrogens is 269 g/mol. The normalized spacial score (nSPS) is 20.9. The lowest BCUT2D eigenvalue weighted by Crippen LogP contribution is -2.26. The topological polar surface area (TPSA) is 39.1 Å².